The fraction of sp³-hybridized carbons (Fsp3) is 0.471. The Morgan fingerprint density at radius 3 is 2.74 bits per heavy atom. The van der Waals surface area contributed by atoms with Gasteiger partial charge in [-0.1, -0.05) is 11.6 Å². The van der Waals surface area contributed by atoms with Crippen molar-refractivity contribution in [1.29, 1.82) is 0 Å². The molecule has 0 saturated heterocycles. The third-order valence-electron chi connectivity index (χ3n) is 3.72. The summed E-state index contributed by atoms with van der Waals surface area (Å²) in [7, 11) is 3.26. The summed E-state index contributed by atoms with van der Waals surface area (Å²) in [6, 6.07) is 5.76. The summed E-state index contributed by atoms with van der Waals surface area (Å²) < 4.78 is 10.2. The monoisotopic (exact) mass is 338 g/mol. The van der Waals surface area contributed by atoms with E-state index in [1.807, 2.05) is 24.4 Å². The van der Waals surface area contributed by atoms with Crippen LogP contribution in [0.2, 0.25) is 5.02 Å². The lowest BCUT2D eigenvalue weighted by Gasteiger charge is -2.14. The quantitative estimate of drug-likeness (QED) is 0.739. The Kier molecular flexibility index (Phi) is 6.89. The largest absolute Gasteiger partial charge is 0.384 e. The molecule has 2 rings (SSSR count). The number of carbonyl (C=O) groups is 1. The maximum absolute atomic E-state index is 12.0. The van der Waals surface area contributed by atoms with Crippen molar-refractivity contribution < 1.29 is 14.3 Å². The third-order valence-corrected chi connectivity index (χ3v) is 3.96. The zero-order valence-corrected chi connectivity index (χ0v) is 14.3. The Morgan fingerprint density at radius 2 is 2.04 bits per heavy atom. The summed E-state index contributed by atoms with van der Waals surface area (Å²) in [5.74, 6) is 0.0962. The molecule has 0 unspecified atom stereocenters. The van der Waals surface area contributed by atoms with Crippen molar-refractivity contribution in [2.24, 2.45) is 5.92 Å². The van der Waals surface area contributed by atoms with Gasteiger partial charge in [-0.25, -0.2) is 0 Å². The van der Waals surface area contributed by atoms with E-state index in [9.17, 15) is 4.79 Å². The first-order valence-electron chi connectivity index (χ1n) is 7.64. The number of aromatic nitrogens is 1. The molecule has 0 aliphatic carbocycles. The second-order valence-electron chi connectivity index (χ2n) is 5.58. The van der Waals surface area contributed by atoms with E-state index in [0.29, 0.717) is 31.2 Å². The van der Waals surface area contributed by atoms with Crippen LogP contribution in [0.4, 0.5) is 0 Å². The van der Waals surface area contributed by atoms with Crippen molar-refractivity contribution in [2.75, 3.05) is 34.0 Å². The van der Waals surface area contributed by atoms with Gasteiger partial charge in [0.05, 0.1) is 13.2 Å². The molecule has 0 radical (unpaired) electrons. The number of hydrogen-bond acceptors (Lipinski definition) is 3. The highest BCUT2D eigenvalue weighted by molar-refractivity contribution is 6.31. The van der Waals surface area contributed by atoms with Gasteiger partial charge in [0.2, 0.25) is 5.91 Å². The van der Waals surface area contributed by atoms with Crippen LogP contribution in [-0.4, -0.2) is 44.9 Å². The lowest BCUT2D eigenvalue weighted by molar-refractivity contribution is -0.122. The average Bonchev–Trinajstić information content (AvgIpc) is 2.90. The summed E-state index contributed by atoms with van der Waals surface area (Å²) in [4.78, 5) is 15.2. The third kappa shape index (κ3) is 5.23. The van der Waals surface area contributed by atoms with Crippen molar-refractivity contribution in [1.82, 2.24) is 10.3 Å². The average molecular weight is 339 g/mol. The Labute approximate surface area is 141 Å². The van der Waals surface area contributed by atoms with Crippen LogP contribution in [0.3, 0.4) is 0 Å². The summed E-state index contributed by atoms with van der Waals surface area (Å²) in [6.07, 6.45) is 3.12. The van der Waals surface area contributed by atoms with Crippen LogP contribution in [0.15, 0.2) is 24.4 Å². The molecule has 0 atom stereocenters. The van der Waals surface area contributed by atoms with Gasteiger partial charge in [0.15, 0.2) is 0 Å². The van der Waals surface area contributed by atoms with Crippen LogP contribution in [0.1, 0.15) is 12.0 Å². The van der Waals surface area contributed by atoms with Crippen molar-refractivity contribution in [3.05, 3.63) is 35.0 Å². The number of aromatic amines is 1. The number of halogens is 1. The number of fused-ring (bicyclic) bond motifs is 1. The van der Waals surface area contributed by atoms with E-state index in [4.69, 9.17) is 21.1 Å². The Bertz CT molecular complexity index is 636. The van der Waals surface area contributed by atoms with Gasteiger partial charge in [0.25, 0.3) is 0 Å². The van der Waals surface area contributed by atoms with Crippen LogP contribution in [0, 0.1) is 5.92 Å². The molecule has 1 amide bonds. The second kappa shape index (κ2) is 8.91. The first kappa shape index (κ1) is 17.8. The number of rotatable bonds is 9. The number of ether oxygens (including phenoxy) is 2. The van der Waals surface area contributed by atoms with Crippen LogP contribution in [0.25, 0.3) is 10.9 Å². The standard InChI is InChI=1S/C17H23ClN2O3/c1-22-10-12(11-23-2)7-17(21)19-6-5-13-9-20-16-4-3-14(18)8-15(13)16/h3-4,8-9,12,20H,5-7,10-11H2,1-2H3,(H,19,21). The van der Waals surface area contributed by atoms with E-state index >= 15 is 0 Å². The summed E-state index contributed by atoms with van der Waals surface area (Å²) >= 11 is 6.04. The van der Waals surface area contributed by atoms with Gasteiger partial charge in [0, 0.05) is 55.2 Å². The second-order valence-corrected chi connectivity index (χ2v) is 6.02. The molecule has 6 heteroatoms. The molecule has 0 spiro atoms. The molecule has 23 heavy (non-hydrogen) atoms. The number of nitrogens with one attached hydrogen (secondary N) is 2. The number of hydrogen-bond donors (Lipinski definition) is 2. The molecule has 0 aliphatic rings. The van der Waals surface area contributed by atoms with E-state index in [1.54, 1.807) is 14.2 Å². The summed E-state index contributed by atoms with van der Waals surface area (Å²) in [5.41, 5.74) is 2.20. The van der Waals surface area contributed by atoms with Crippen molar-refractivity contribution in [3.8, 4) is 0 Å². The van der Waals surface area contributed by atoms with Crippen LogP contribution in [0.5, 0.6) is 0 Å². The van der Waals surface area contributed by atoms with E-state index in [-0.39, 0.29) is 11.8 Å². The minimum Gasteiger partial charge on any atom is -0.384 e. The maximum Gasteiger partial charge on any atom is 0.220 e. The zero-order chi connectivity index (χ0) is 16.7. The summed E-state index contributed by atoms with van der Waals surface area (Å²) in [6.45, 7) is 1.62. The number of benzene rings is 1. The molecule has 1 aromatic carbocycles. The first-order valence-corrected chi connectivity index (χ1v) is 8.02. The Balaban J connectivity index is 1.83. The van der Waals surface area contributed by atoms with Crippen LogP contribution < -0.4 is 5.32 Å². The lowest BCUT2D eigenvalue weighted by atomic mass is 10.1. The predicted octanol–water partition coefficient (Wildman–Crippen LogP) is 2.78. The fourth-order valence-electron chi connectivity index (χ4n) is 2.67. The van der Waals surface area contributed by atoms with Crippen LogP contribution >= 0.6 is 11.6 Å². The van der Waals surface area contributed by atoms with Gasteiger partial charge in [-0.3, -0.25) is 4.79 Å². The molecule has 2 aromatic rings. The van der Waals surface area contributed by atoms with E-state index in [2.05, 4.69) is 10.3 Å². The van der Waals surface area contributed by atoms with E-state index in [0.717, 1.165) is 22.9 Å². The number of methoxy groups -OCH3 is 2. The van der Waals surface area contributed by atoms with Crippen molar-refractivity contribution in [2.45, 2.75) is 12.8 Å². The maximum atomic E-state index is 12.0. The van der Waals surface area contributed by atoms with Gasteiger partial charge in [0.1, 0.15) is 0 Å². The molecule has 0 aliphatic heterocycles. The van der Waals surface area contributed by atoms with Crippen molar-refractivity contribution >= 4 is 28.4 Å². The molecule has 126 valence electrons. The molecule has 0 bridgehead atoms. The minimum absolute atomic E-state index is 0.0157. The molecular weight excluding hydrogens is 316 g/mol. The molecule has 0 saturated carbocycles. The topological polar surface area (TPSA) is 63.4 Å². The van der Waals surface area contributed by atoms with E-state index in [1.165, 1.54) is 0 Å². The molecule has 1 aromatic heterocycles. The van der Waals surface area contributed by atoms with Crippen molar-refractivity contribution in [3.63, 3.8) is 0 Å². The van der Waals surface area contributed by atoms with Gasteiger partial charge in [-0.15, -0.1) is 0 Å². The normalized spacial score (nSPS) is 11.3. The van der Waals surface area contributed by atoms with Gasteiger partial charge < -0.3 is 19.8 Å². The fourth-order valence-corrected chi connectivity index (χ4v) is 2.84. The Morgan fingerprint density at radius 1 is 1.30 bits per heavy atom. The predicted molar refractivity (Wildman–Crippen MR) is 91.9 cm³/mol. The molecule has 5 nitrogen and oxygen atoms in total. The first-order chi connectivity index (χ1) is 11.1. The highest BCUT2D eigenvalue weighted by Crippen LogP contribution is 2.22. The summed E-state index contributed by atoms with van der Waals surface area (Å²) in [5, 5.41) is 4.76. The number of amides is 1. The lowest BCUT2D eigenvalue weighted by Crippen LogP contribution is -2.30. The Hall–Kier alpha value is -1.56. The smallest absolute Gasteiger partial charge is 0.220 e. The molecule has 1 heterocycles. The number of H-pyrrole nitrogens is 1. The minimum atomic E-state index is 0.0157. The molecular formula is C17H23ClN2O3. The van der Waals surface area contributed by atoms with E-state index < -0.39 is 0 Å². The van der Waals surface area contributed by atoms with Crippen LogP contribution in [-0.2, 0) is 20.7 Å². The number of carbonyl (C=O) groups excluding carboxylic acids is 1. The highest BCUT2D eigenvalue weighted by Gasteiger charge is 2.13. The SMILES string of the molecule is COCC(COC)CC(=O)NCCc1c[nH]c2ccc(Cl)cc12. The van der Waals surface area contributed by atoms with Gasteiger partial charge >= 0.3 is 0 Å². The highest BCUT2D eigenvalue weighted by atomic mass is 35.5. The van der Waals surface area contributed by atoms with Gasteiger partial charge in [-0.2, -0.15) is 0 Å². The molecule has 2 N–H and O–H groups in total. The zero-order valence-electron chi connectivity index (χ0n) is 13.5. The van der Waals surface area contributed by atoms with Gasteiger partial charge in [-0.05, 0) is 30.2 Å². The molecule has 0 fully saturated rings.